The maximum absolute atomic E-state index is 11.8. The van der Waals surface area contributed by atoms with E-state index in [-0.39, 0.29) is 23.9 Å². The Morgan fingerprint density at radius 2 is 1.93 bits per heavy atom. The first kappa shape index (κ1) is 12.0. The molecular weight excluding hydrogens is 224 g/mol. The van der Waals surface area contributed by atoms with E-state index in [9.17, 15) is 13.2 Å². The summed E-state index contributed by atoms with van der Waals surface area (Å²) in [5.74, 6) is -0.500. The molecule has 0 aromatic heterocycles. The monoisotopic (exact) mass is 238 g/mol. The summed E-state index contributed by atoms with van der Waals surface area (Å²) in [6.45, 7) is 3.16. The summed E-state index contributed by atoms with van der Waals surface area (Å²) >= 11 is 5.96. The molecule has 0 heterocycles. The molecule has 82 valence electrons. The highest BCUT2D eigenvalue weighted by molar-refractivity contribution is 7.95. The predicted octanol–water partition coefficient (Wildman–Crippen LogP) is 1.75. The fourth-order valence-electron chi connectivity index (χ4n) is 1.43. The molecule has 0 amide bonds. The van der Waals surface area contributed by atoms with Crippen LogP contribution in [0.4, 0.5) is 0 Å². The Kier molecular flexibility index (Phi) is 3.26. The quantitative estimate of drug-likeness (QED) is 0.686. The van der Waals surface area contributed by atoms with Gasteiger partial charge in [-0.2, -0.15) is 0 Å². The molecule has 0 aliphatic heterocycles. The molecule has 0 unspecified atom stereocenters. The number of ketones is 1. The van der Waals surface area contributed by atoms with Crippen LogP contribution in [0, 0.1) is 5.92 Å². The van der Waals surface area contributed by atoms with E-state index in [2.05, 4.69) is 0 Å². The summed E-state index contributed by atoms with van der Waals surface area (Å²) in [5, 5.41) is 0. The third kappa shape index (κ3) is 1.82. The standard InChI is InChI=1S/C9H15ClO3S/c1-3-9(10,14(12,13)4-2)8(11)7-5-6-7/h7H,3-6H2,1-2H3/t9-/m0/s1. The van der Waals surface area contributed by atoms with Crippen molar-refractivity contribution in [2.75, 3.05) is 5.75 Å². The van der Waals surface area contributed by atoms with E-state index >= 15 is 0 Å². The Morgan fingerprint density at radius 1 is 1.43 bits per heavy atom. The molecular formula is C9H15ClO3S. The lowest BCUT2D eigenvalue weighted by molar-refractivity contribution is -0.120. The highest BCUT2D eigenvalue weighted by Crippen LogP contribution is 2.40. The van der Waals surface area contributed by atoms with Crippen LogP contribution in [0.2, 0.25) is 0 Å². The van der Waals surface area contributed by atoms with Crippen LogP contribution in [0.15, 0.2) is 0 Å². The molecule has 1 aliphatic carbocycles. The van der Waals surface area contributed by atoms with Gasteiger partial charge in [0.25, 0.3) is 0 Å². The van der Waals surface area contributed by atoms with Crippen molar-refractivity contribution in [2.45, 2.75) is 37.3 Å². The fraction of sp³-hybridized carbons (Fsp3) is 0.889. The zero-order valence-electron chi connectivity index (χ0n) is 8.42. The van der Waals surface area contributed by atoms with Gasteiger partial charge in [-0.3, -0.25) is 4.79 Å². The van der Waals surface area contributed by atoms with Gasteiger partial charge in [0.2, 0.25) is 4.21 Å². The van der Waals surface area contributed by atoms with E-state index in [0.29, 0.717) is 0 Å². The van der Waals surface area contributed by atoms with Crippen molar-refractivity contribution in [3.05, 3.63) is 0 Å². The molecule has 0 aromatic rings. The molecule has 14 heavy (non-hydrogen) atoms. The Balaban J connectivity index is 3.01. The van der Waals surface area contributed by atoms with Crippen LogP contribution in [-0.2, 0) is 14.6 Å². The van der Waals surface area contributed by atoms with Crippen molar-refractivity contribution in [1.82, 2.24) is 0 Å². The van der Waals surface area contributed by atoms with Crippen molar-refractivity contribution in [3.8, 4) is 0 Å². The number of hydrogen-bond acceptors (Lipinski definition) is 3. The summed E-state index contributed by atoms with van der Waals surface area (Å²) in [4.78, 5) is 11.8. The Morgan fingerprint density at radius 3 is 2.21 bits per heavy atom. The van der Waals surface area contributed by atoms with Crippen LogP contribution in [0.1, 0.15) is 33.1 Å². The molecule has 0 spiro atoms. The van der Waals surface area contributed by atoms with Crippen LogP contribution >= 0.6 is 11.6 Å². The van der Waals surface area contributed by atoms with Gasteiger partial charge < -0.3 is 0 Å². The van der Waals surface area contributed by atoms with E-state index in [1.165, 1.54) is 6.92 Å². The second-order valence-electron chi connectivity index (χ2n) is 3.62. The zero-order chi connectivity index (χ0) is 11.0. The molecule has 1 atom stereocenters. The van der Waals surface area contributed by atoms with E-state index < -0.39 is 14.0 Å². The number of alkyl halides is 1. The molecule has 1 saturated carbocycles. The van der Waals surface area contributed by atoms with Crippen LogP contribution in [0.5, 0.6) is 0 Å². The van der Waals surface area contributed by atoms with E-state index in [4.69, 9.17) is 11.6 Å². The van der Waals surface area contributed by atoms with E-state index in [1.807, 2.05) is 0 Å². The average Bonchev–Trinajstić information content (AvgIpc) is 2.98. The minimum atomic E-state index is -3.50. The van der Waals surface area contributed by atoms with Crippen molar-refractivity contribution >= 4 is 27.2 Å². The van der Waals surface area contributed by atoms with Gasteiger partial charge in [0, 0.05) is 11.7 Å². The molecule has 0 bridgehead atoms. The molecule has 1 rings (SSSR count). The normalized spacial score (nSPS) is 21.6. The third-order valence-corrected chi connectivity index (χ3v) is 6.04. The maximum Gasteiger partial charge on any atom is 0.203 e. The van der Waals surface area contributed by atoms with Crippen molar-refractivity contribution in [1.29, 1.82) is 0 Å². The first-order chi connectivity index (χ1) is 6.39. The number of sulfone groups is 1. The predicted molar refractivity (Wildman–Crippen MR) is 56.1 cm³/mol. The van der Waals surface area contributed by atoms with Gasteiger partial charge in [-0.15, -0.1) is 0 Å². The first-order valence-electron chi connectivity index (χ1n) is 4.84. The van der Waals surface area contributed by atoms with Crippen LogP contribution in [-0.4, -0.2) is 24.2 Å². The van der Waals surface area contributed by atoms with Gasteiger partial charge in [-0.25, -0.2) is 8.42 Å². The number of halogens is 1. The molecule has 0 N–H and O–H groups in total. The van der Waals surface area contributed by atoms with Gasteiger partial charge in [0.05, 0.1) is 0 Å². The first-order valence-corrected chi connectivity index (χ1v) is 6.87. The SMILES string of the molecule is CC[C@@](Cl)(C(=O)C1CC1)S(=O)(=O)CC. The number of rotatable bonds is 5. The van der Waals surface area contributed by atoms with Gasteiger partial charge in [-0.1, -0.05) is 25.4 Å². The number of hydrogen-bond donors (Lipinski definition) is 0. The van der Waals surface area contributed by atoms with Gasteiger partial charge in [0.15, 0.2) is 15.6 Å². The third-order valence-electron chi connectivity index (χ3n) is 2.64. The minimum Gasteiger partial charge on any atom is -0.296 e. The van der Waals surface area contributed by atoms with Gasteiger partial charge in [0.1, 0.15) is 0 Å². The summed E-state index contributed by atoms with van der Waals surface area (Å²) in [5.41, 5.74) is 0. The summed E-state index contributed by atoms with van der Waals surface area (Å²) in [6.07, 6.45) is 1.72. The summed E-state index contributed by atoms with van der Waals surface area (Å²) in [7, 11) is -3.50. The number of carbonyl (C=O) groups is 1. The highest BCUT2D eigenvalue weighted by Gasteiger charge is 2.51. The Bertz CT molecular complexity index is 332. The number of Topliss-reactive ketones (excluding diaryl/α,β-unsaturated/α-hetero) is 1. The Hall–Kier alpha value is -0.0900. The Labute approximate surface area is 89.7 Å². The van der Waals surface area contributed by atoms with Gasteiger partial charge >= 0.3 is 0 Å². The topological polar surface area (TPSA) is 51.2 Å². The van der Waals surface area contributed by atoms with Crippen molar-refractivity contribution < 1.29 is 13.2 Å². The second kappa shape index (κ2) is 3.81. The lowest BCUT2D eigenvalue weighted by Crippen LogP contribution is -2.42. The van der Waals surface area contributed by atoms with E-state index in [0.717, 1.165) is 12.8 Å². The highest BCUT2D eigenvalue weighted by atomic mass is 35.5. The summed E-state index contributed by atoms with van der Waals surface area (Å²) in [6, 6.07) is 0. The summed E-state index contributed by atoms with van der Waals surface area (Å²) < 4.78 is 21.7. The zero-order valence-corrected chi connectivity index (χ0v) is 9.99. The number of carbonyl (C=O) groups excluding carboxylic acids is 1. The lowest BCUT2D eigenvalue weighted by Gasteiger charge is -2.23. The maximum atomic E-state index is 11.8. The van der Waals surface area contributed by atoms with Crippen LogP contribution < -0.4 is 0 Å². The lowest BCUT2D eigenvalue weighted by atomic mass is 10.1. The van der Waals surface area contributed by atoms with Crippen molar-refractivity contribution in [3.63, 3.8) is 0 Å². The molecule has 0 radical (unpaired) electrons. The molecule has 1 aliphatic rings. The van der Waals surface area contributed by atoms with Crippen LogP contribution in [0.25, 0.3) is 0 Å². The fourth-order valence-corrected chi connectivity index (χ4v) is 3.28. The van der Waals surface area contributed by atoms with Crippen molar-refractivity contribution in [2.24, 2.45) is 5.92 Å². The smallest absolute Gasteiger partial charge is 0.203 e. The minimum absolute atomic E-state index is 0.0806. The molecule has 0 saturated heterocycles. The molecule has 5 heteroatoms. The van der Waals surface area contributed by atoms with Crippen LogP contribution in [0.3, 0.4) is 0 Å². The van der Waals surface area contributed by atoms with Gasteiger partial charge in [-0.05, 0) is 19.3 Å². The largest absolute Gasteiger partial charge is 0.296 e. The molecule has 1 fully saturated rings. The molecule has 3 nitrogen and oxygen atoms in total. The average molecular weight is 239 g/mol. The second-order valence-corrected chi connectivity index (χ2v) is 7.00. The van der Waals surface area contributed by atoms with E-state index in [1.54, 1.807) is 6.92 Å². The molecule has 0 aromatic carbocycles.